The lowest BCUT2D eigenvalue weighted by Gasteiger charge is -2.08. The van der Waals surface area contributed by atoms with Crippen molar-refractivity contribution in [3.05, 3.63) is 41.2 Å². The topological polar surface area (TPSA) is 96.2 Å². The van der Waals surface area contributed by atoms with Crippen molar-refractivity contribution in [1.82, 2.24) is 4.57 Å². The number of carbonyl (C=O) groups excluding carboxylic acids is 1. The van der Waals surface area contributed by atoms with E-state index in [1.54, 1.807) is 28.8 Å². The van der Waals surface area contributed by atoms with Gasteiger partial charge in [0.15, 0.2) is 26.1 Å². The largest absolute Gasteiger partial charge is 0.497 e. The highest BCUT2D eigenvalue weighted by atomic mass is 32.2. The van der Waals surface area contributed by atoms with Crippen LogP contribution in [0.4, 0.5) is 0 Å². The van der Waals surface area contributed by atoms with Crippen LogP contribution >= 0.6 is 11.3 Å². The first-order valence-corrected chi connectivity index (χ1v) is 11.9. The molecule has 10 heteroatoms. The zero-order chi connectivity index (χ0) is 23.3. The van der Waals surface area contributed by atoms with Gasteiger partial charge < -0.3 is 18.8 Å². The van der Waals surface area contributed by atoms with E-state index in [9.17, 15) is 13.2 Å². The van der Waals surface area contributed by atoms with E-state index in [1.165, 1.54) is 44.8 Å². The van der Waals surface area contributed by atoms with Crippen molar-refractivity contribution in [3.63, 3.8) is 0 Å². The number of benzene rings is 2. The summed E-state index contributed by atoms with van der Waals surface area (Å²) in [6, 6.07) is 9.55. The third-order valence-corrected chi connectivity index (χ3v) is 7.43. The third-order valence-electron chi connectivity index (χ3n) is 4.66. The molecule has 0 unspecified atom stereocenters. The molecule has 1 amide bonds. The van der Waals surface area contributed by atoms with Gasteiger partial charge in [0.25, 0.3) is 0 Å². The summed E-state index contributed by atoms with van der Waals surface area (Å²) in [5, 5.41) is 0. The maximum Gasteiger partial charge on any atom is 0.249 e. The van der Waals surface area contributed by atoms with Crippen molar-refractivity contribution in [1.29, 1.82) is 0 Å². The summed E-state index contributed by atoms with van der Waals surface area (Å²) in [6.45, 7) is 0.186. The Labute approximate surface area is 190 Å². The zero-order valence-corrected chi connectivity index (χ0v) is 19.5. The van der Waals surface area contributed by atoms with Gasteiger partial charge in [-0.2, -0.15) is 4.99 Å². The number of amides is 1. The fourth-order valence-corrected chi connectivity index (χ4v) is 5.30. The van der Waals surface area contributed by atoms with Crippen molar-refractivity contribution >= 4 is 37.3 Å². The molecule has 0 bridgehead atoms. The van der Waals surface area contributed by atoms with Gasteiger partial charge in [0.05, 0.1) is 48.7 Å². The van der Waals surface area contributed by atoms with Gasteiger partial charge in [-0.15, -0.1) is 6.42 Å². The van der Waals surface area contributed by atoms with Crippen molar-refractivity contribution in [2.24, 2.45) is 4.99 Å². The molecule has 0 N–H and O–H groups in total. The molecule has 0 fully saturated rings. The Morgan fingerprint density at radius 1 is 1.09 bits per heavy atom. The van der Waals surface area contributed by atoms with Crippen LogP contribution in [0.3, 0.4) is 0 Å². The highest BCUT2D eigenvalue weighted by Crippen LogP contribution is 2.33. The average molecular weight is 475 g/mol. The number of nitrogens with zero attached hydrogens (tertiary/aromatic N) is 2. The molecular weight excluding hydrogens is 452 g/mol. The van der Waals surface area contributed by atoms with Gasteiger partial charge in [-0.1, -0.05) is 17.3 Å². The van der Waals surface area contributed by atoms with E-state index in [0.29, 0.717) is 22.0 Å². The Hall–Kier alpha value is -3.29. The lowest BCUT2D eigenvalue weighted by molar-refractivity contribution is -0.117. The fourth-order valence-electron chi connectivity index (χ4n) is 3.01. The van der Waals surface area contributed by atoms with Gasteiger partial charge in [-0.25, -0.2) is 8.42 Å². The van der Waals surface area contributed by atoms with Crippen LogP contribution in [-0.4, -0.2) is 46.0 Å². The number of fused-ring (bicyclic) bond motifs is 1. The quantitative estimate of drug-likeness (QED) is 0.466. The molecule has 0 saturated heterocycles. The van der Waals surface area contributed by atoms with E-state index in [4.69, 9.17) is 20.6 Å². The number of terminal acetylenes is 1. The molecule has 3 aromatic rings. The van der Waals surface area contributed by atoms with Gasteiger partial charge in [0.2, 0.25) is 5.91 Å². The molecule has 0 saturated carbocycles. The summed E-state index contributed by atoms with van der Waals surface area (Å²) in [6.07, 6.45) is 5.24. The van der Waals surface area contributed by atoms with E-state index in [2.05, 4.69) is 10.9 Å². The minimum absolute atomic E-state index is 0.120. The van der Waals surface area contributed by atoms with E-state index in [1.807, 2.05) is 0 Å². The second kappa shape index (κ2) is 9.89. The number of ether oxygens (including phenoxy) is 3. The van der Waals surface area contributed by atoms with Crippen LogP contribution < -0.4 is 19.0 Å². The summed E-state index contributed by atoms with van der Waals surface area (Å²) in [5.41, 5.74) is 0.739. The molecule has 168 valence electrons. The maximum absolute atomic E-state index is 12.5. The first kappa shape index (κ1) is 23.4. The standard InChI is InChI=1S/C22H22N2O6S2/c1-5-11-24-17-13-18(29-3)19(30-4)14-20(17)31-22(24)23-21(25)10-12-32(26,27)16-8-6-15(28-2)7-9-16/h1,6-9,13-14H,10-12H2,2-4H3. The number of methoxy groups -OCH3 is 3. The highest BCUT2D eigenvalue weighted by molar-refractivity contribution is 7.91. The van der Waals surface area contributed by atoms with Crippen LogP contribution in [0.5, 0.6) is 17.2 Å². The normalized spacial score (nSPS) is 11.9. The van der Waals surface area contributed by atoms with Gasteiger partial charge in [0.1, 0.15) is 5.75 Å². The lowest BCUT2D eigenvalue weighted by atomic mass is 10.3. The first-order valence-electron chi connectivity index (χ1n) is 9.46. The molecule has 8 nitrogen and oxygen atoms in total. The Morgan fingerprint density at radius 2 is 1.75 bits per heavy atom. The van der Waals surface area contributed by atoms with E-state index >= 15 is 0 Å². The van der Waals surface area contributed by atoms with Crippen molar-refractivity contribution in [3.8, 4) is 29.6 Å². The summed E-state index contributed by atoms with van der Waals surface area (Å²) in [4.78, 5) is 17.1. The molecule has 1 heterocycles. The van der Waals surface area contributed by atoms with Crippen LogP contribution in [0.25, 0.3) is 10.2 Å². The van der Waals surface area contributed by atoms with Crippen LogP contribution in [-0.2, 0) is 21.2 Å². The van der Waals surface area contributed by atoms with Crippen molar-refractivity contribution in [2.75, 3.05) is 27.1 Å². The van der Waals surface area contributed by atoms with Crippen LogP contribution in [0.15, 0.2) is 46.3 Å². The number of rotatable bonds is 8. The van der Waals surface area contributed by atoms with E-state index < -0.39 is 15.7 Å². The molecule has 0 aliphatic carbocycles. The van der Waals surface area contributed by atoms with Crippen LogP contribution in [0, 0.1) is 12.3 Å². The Bertz CT molecular complexity index is 1350. The Morgan fingerprint density at radius 3 is 2.34 bits per heavy atom. The molecule has 1 aromatic heterocycles. The second-order valence-corrected chi connectivity index (χ2v) is 9.72. The number of aromatic nitrogens is 1. The van der Waals surface area contributed by atoms with Crippen LogP contribution in [0.2, 0.25) is 0 Å². The number of carbonyl (C=O) groups is 1. The molecule has 32 heavy (non-hydrogen) atoms. The Kier molecular flexibility index (Phi) is 7.22. The van der Waals surface area contributed by atoms with Crippen LogP contribution in [0.1, 0.15) is 6.42 Å². The molecular formula is C22H22N2O6S2. The molecule has 3 rings (SSSR count). The summed E-state index contributed by atoms with van der Waals surface area (Å²) in [5.74, 6) is 3.24. The minimum atomic E-state index is -3.64. The number of thiazole rings is 1. The highest BCUT2D eigenvalue weighted by Gasteiger charge is 2.17. The minimum Gasteiger partial charge on any atom is -0.497 e. The third kappa shape index (κ3) is 4.95. The monoisotopic (exact) mass is 474 g/mol. The molecule has 2 aromatic carbocycles. The molecule has 0 aliphatic heterocycles. The molecule has 0 atom stereocenters. The van der Waals surface area contributed by atoms with E-state index in [0.717, 1.165) is 10.2 Å². The number of hydrogen-bond acceptors (Lipinski definition) is 7. The predicted octanol–water partition coefficient (Wildman–Crippen LogP) is 2.65. The van der Waals surface area contributed by atoms with Crippen molar-refractivity contribution in [2.45, 2.75) is 17.9 Å². The summed E-state index contributed by atoms with van der Waals surface area (Å²) in [7, 11) is 0.916. The van der Waals surface area contributed by atoms with Gasteiger partial charge in [-0.05, 0) is 24.3 Å². The fraction of sp³-hybridized carbons (Fsp3) is 0.273. The predicted molar refractivity (Wildman–Crippen MR) is 122 cm³/mol. The zero-order valence-electron chi connectivity index (χ0n) is 17.8. The smallest absolute Gasteiger partial charge is 0.249 e. The summed E-state index contributed by atoms with van der Waals surface area (Å²) >= 11 is 1.26. The van der Waals surface area contributed by atoms with Gasteiger partial charge in [-0.3, -0.25) is 4.79 Å². The first-order chi connectivity index (χ1) is 15.3. The average Bonchev–Trinajstić information content (AvgIpc) is 3.12. The molecule has 0 aliphatic rings. The number of sulfone groups is 1. The van der Waals surface area contributed by atoms with Gasteiger partial charge in [0, 0.05) is 18.6 Å². The van der Waals surface area contributed by atoms with E-state index in [-0.39, 0.29) is 23.6 Å². The number of hydrogen-bond donors (Lipinski definition) is 0. The maximum atomic E-state index is 12.5. The molecule has 0 radical (unpaired) electrons. The SMILES string of the molecule is C#CCn1c(=NC(=O)CCS(=O)(=O)c2ccc(OC)cc2)sc2cc(OC)c(OC)cc21. The van der Waals surface area contributed by atoms with Gasteiger partial charge >= 0.3 is 0 Å². The summed E-state index contributed by atoms with van der Waals surface area (Å²) < 4.78 is 43.3. The molecule has 0 spiro atoms. The lowest BCUT2D eigenvalue weighted by Crippen LogP contribution is -2.18. The Balaban J connectivity index is 1.89. The van der Waals surface area contributed by atoms with Crippen molar-refractivity contribution < 1.29 is 27.4 Å². The second-order valence-electron chi connectivity index (χ2n) is 6.60.